The second kappa shape index (κ2) is 10.8. The molecule has 2 rings (SSSR count). The average Bonchev–Trinajstić information content (AvgIpc) is 2.67. The van der Waals surface area contributed by atoms with Crippen LogP contribution in [0.5, 0.6) is 0 Å². The molecule has 0 spiro atoms. The number of hydrogen-bond donors (Lipinski definition) is 2. The van der Waals surface area contributed by atoms with Gasteiger partial charge >= 0.3 is 6.09 Å². The first-order chi connectivity index (χ1) is 13.5. The number of unbranched alkanes of at least 4 members (excludes halogenated alkanes) is 1. The maximum absolute atomic E-state index is 12.4. The van der Waals surface area contributed by atoms with Crippen molar-refractivity contribution in [2.24, 2.45) is 0 Å². The first-order valence-corrected chi connectivity index (χ1v) is 8.95. The van der Waals surface area contributed by atoms with Gasteiger partial charge in [0.15, 0.2) is 0 Å². The van der Waals surface area contributed by atoms with E-state index in [4.69, 9.17) is 9.47 Å². The van der Waals surface area contributed by atoms with Crippen LogP contribution in [0.2, 0.25) is 0 Å². The fourth-order valence-electron chi connectivity index (χ4n) is 2.28. The first-order valence-electron chi connectivity index (χ1n) is 8.95. The number of rotatable bonds is 9. The van der Waals surface area contributed by atoms with Gasteiger partial charge in [-0.05, 0) is 30.7 Å². The summed E-state index contributed by atoms with van der Waals surface area (Å²) in [5.41, 5.74) is 0.810. The summed E-state index contributed by atoms with van der Waals surface area (Å²) in [6.07, 6.45) is 1.09. The number of benzene rings is 1. The molecule has 0 atom stereocenters. The van der Waals surface area contributed by atoms with Gasteiger partial charge in [-0.3, -0.25) is 14.9 Å². The number of amides is 2. The highest BCUT2D eigenvalue weighted by atomic mass is 16.6. The third-order valence-corrected chi connectivity index (χ3v) is 3.71. The smallest absolute Gasteiger partial charge is 0.411 e. The van der Waals surface area contributed by atoms with E-state index in [1.54, 1.807) is 24.3 Å². The van der Waals surface area contributed by atoms with Gasteiger partial charge in [0.05, 0.1) is 6.61 Å². The molecule has 1 aromatic heterocycles. The number of aromatic nitrogens is 2. The number of nitrogens with zero attached hydrogens (tertiary/aromatic N) is 2. The lowest BCUT2D eigenvalue weighted by Crippen LogP contribution is -2.26. The minimum absolute atomic E-state index is 0.132. The Morgan fingerprint density at radius 1 is 1.11 bits per heavy atom. The summed E-state index contributed by atoms with van der Waals surface area (Å²) in [6.45, 7) is 2.91. The monoisotopic (exact) mass is 388 g/mol. The molecule has 0 saturated heterocycles. The van der Waals surface area contributed by atoms with Crippen LogP contribution in [0.15, 0.2) is 41.2 Å². The van der Waals surface area contributed by atoms with E-state index < -0.39 is 12.0 Å². The summed E-state index contributed by atoms with van der Waals surface area (Å²) in [5.74, 6) is -0.454. The SMILES string of the molecule is CCCCn1nc(C(=O)Nc2cccc(NC(=O)OCCOC)c2)ccc1=O. The Morgan fingerprint density at radius 2 is 1.86 bits per heavy atom. The van der Waals surface area contributed by atoms with Gasteiger partial charge in [-0.1, -0.05) is 19.4 Å². The van der Waals surface area contributed by atoms with E-state index in [-0.39, 0.29) is 17.9 Å². The molecule has 9 heteroatoms. The molecule has 0 fully saturated rings. The second-order valence-corrected chi connectivity index (χ2v) is 5.92. The van der Waals surface area contributed by atoms with E-state index in [1.165, 1.54) is 23.9 Å². The summed E-state index contributed by atoms with van der Waals surface area (Å²) in [4.78, 5) is 35.9. The molecule has 2 N–H and O–H groups in total. The Morgan fingerprint density at radius 3 is 2.57 bits per heavy atom. The van der Waals surface area contributed by atoms with Crippen molar-refractivity contribution >= 4 is 23.4 Å². The van der Waals surface area contributed by atoms with Crippen molar-refractivity contribution < 1.29 is 19.1 Å². The molecular weight excluding hydrogens is 364 g/mol. The number of hydrogen-bond acceptors (Lipinski definition) is 6. The molecule has 0 aliphatic carbocycles. The summed E-state index contributed by atoms with van der Waals surface area (Å²) >= 11 is 0. The van der Waals surface area contributed by atoms with Crippen molar-refractivity contribution in [2.45, 2.75) is 26.3 Å². The second-order valence-electron chi connectivity index (χ2n) is 5.92. The van der Waals surface area contributed by atoms with Gasteiger partial charge in [-0.15, -0.1) is 0 Å². The van der Waals surface area contributed by atoms with E-state index in [2.05, 4.69) is 15.7 Å². The van der Waals surface area contributed by atoms with E-state index in [1.807, 2.05) is 6.92 Å². The van der Waals surface area contributed by atoms with Crippen LogP contribution in [0, 0.1) is 0 Å². The van der Waals surface area contributed by atoms with Gasteiger partial charge in [0, 0.05) is 31.1 Å². The molecule has 0 bridgehead atoms. The zero-order valence-corrected chi connectivity index (χ0v) is 15.9. The first kappa shape index (κ1) is 21.1. The molecule has 150 valence electrons. The Bertz CT molecular complexity index is 865. The lowest BCUT2D eigenvalue weighted by atomic mass is 10.2. The van der Waals surface area contributed by atoms with Crippen LogP contribution < -0.4 is 16.2 Å². The summed E-state index contributed by atoms with van der Waals surface area (Å²) < 4.78 is 11.0. The fourth-order valence-corrected chi connectivity index (χ4v) is 2.28. The van der Waals surface area contributed by atoms with Gasteiger partial charge in [0.25, 0.3) is 11.5 Å². The predicted molar refractivity (Wildman–Crippen MR) is 105 cm³/mol. The molecule has 1 heterocycles. The molecule has 28 heavy (non-hydrogen) atoms. The maximum atomic E-state index is 12.4. The van der Waals surface area contributed by atoms with Crippen molar-refractivity contribution in [1.82, 2.24) is 9.78 Å². The van der Waals surface area contributed by atoms with Crippen molar-refractivity contribution in [3.8, 4) is 0 Å². The van der Waals surface area contributed by atoms with Crippen molar-refractivity contribution in [1.29, 1.82) is 0 Å². The zero-order chi connectivity index (χ0) is 20.4. The summed E-state index contributed by atoms with van der Waals surface area (Å²) in [6, 6.07) is 9.31. The molecule has 0 aliphatic rings. The van der Waals surface area contributed by atoms with Crippen LogP contribution in [0.3, 0.4) is 0 Å². The minimum atomic E-state index is -0.620. The van der Waals surface area contributed by atoms with E-state index in [9.17, 15) is 14.4 Å². The van der Waals surface area contributed by atoms with Gasteiger partial charge < -0.3 is 14.8 Å². The lowest BCUT2D eigenvalue weighted by Gasteiger charge is -2.10. The van der Waals surface area contributed by atoms with Gasteiger partial charge in [-0.2, -0.15) is 5.10 Å². The van der Waals surface area contributed by atoms with Gasteiger partial charge in [-0.25, -0.2) is 9.48 Å². The molecule has 0 aliphatic heterocycles. The Labute approximate surface area is 162 Å². The molecule has 1 aromatic carbocycles. The quantitative estimate of drug-likeness (QED) is 0.639. The van der Waals surface area contributed by atoms with E-state index in [0.29, 0.717) is 24.5 Å². The normalized spacial score (nSPS) is 10.4. The van der Waals surface area contributed by atoms with E-state index >= 15 is 0 Å². The molecule has 9 nitrogen and oxygen atoms in total. The third-order valence-electron chi connectivity index (χ3n) is 3.71. The topological polar surface area (TPSA) is 112 Å². The third kappa shape index (κ3) is 6.51. The number of carbonyl (C=O) groups excluding carboxylic acids is 2. The van der Waals surface area contributed by atoms with Crippen molar-refractivity contribution in [3.63, 3.8) is 0 Å². The maximum Gasteiger partial charge on any atom is 0.411 e. The molecule has 2 aromatic rings. The Kier molecular flexibility index (Phi) is 8.16. The molecule has 0 saturated carbocycles. The number of methoxy groups -OCH3 is 1. The Balaban J connectivity index is 2.02. The number of aryl methyl sites for hydroxylation is 1. The minimum Gasteiger partial charge on any atom is -0.447 e. The fraction of sp³-hybridized carbons (Fsp3) is 0.368. The molecule has 0 radical (unpaired) electrons. The number of nitrogens with one attached hydrogen (secondary N) is 2. The van der Waals surface area contributed by atoms with Crippen molar-refractivity contribution in [3.05, 3.63) is 52.4 Å². The summed E-state index contributed by atoms with van der Waals surface area (Å²) in [7, 11) is 1.51. The standard InChI is InChI=1S/C19H24N4O5/c1-3-4-10-23-17(24)9-8-16(22-23)18(25)20-14-6-5-7-15(13-14)21-19(26)28-12-11-27-2/h5-9,13H,3-4,10-12H2,1-2H3,(H,20,25)(H,21,26). The number of anilines is 2. The van der Waals surface area contributed by atoms with Gasteiger partial charge in [0.1, 0.15) is 12.3 Å². The highest BCUT2D eigenvalue weighted by Crippen LogP contribution is 2.16. The highest BCUT2D eigenvalue weighted by molar-refractivity contribution is 6.03. The number of carbonyl (C=O) groups is 2. The lowest BCUT2D eigenvalue weighted by molar-refractivity contribution is 0.101. The average molecular weight is 388 g/mol. The van der Waals surface area contributed by atoms with Crippen LogP contribution >= 0.6 is 0 Å². The van der Waals surface area contributed by atoms with Crippen molar-refractivity contribution in [2.75, 3.05) is 31.0 Å². The zero-order valence-electron chi connectivity index (χ0n) is 15.9. The largest absolute Gasteiger partial charge is 0.447 e. The van der Waals surface area contributed by atoms with E-state index in [0.717, 1.165) is 12.8 Å². The summed E-state index contributed by atoms with van der Waals surface area (Å²) in [5, 5.41) is 9.37. The van der Waals surface area contributed by atoms with Crippen LogP contribution in [0.1, 0.15) is 30.3 Å². The van der Waals surface area contributed by atoms with Crippen LogP contribution in [0.4, 0.5) is 16.2 Å². The van der Waals surface area contributed by atoms with Crippen LogP contribution in [-0.2, 0) is 16.0 Å². The number of ether oxygens (including phenoxy) is 2. The molecular formula is C19H24N4O5. The Hall–Kier alpha value is -3.20. The van der Waals surface area contributed by atoms with Crippen LogP contribution in [-0.4, -0.2) is 42.1 Å². The van der Waals surface area contributed by atoms with Crippen LogP contribution in [0.25, 0.3) is 0 Å². The van der Waals surface area contributed by atoms with Gasteiger partial charge in [0.2, 0.25) is 0 Å². The predicted octanol–water partition coefficient (Wildman–Crippen LogP) is 2.49. The molecule has 2 amide bonds. The molecule has 0 unspecified atom stereocenters. The highest BCUT2D eigenvalue weighted by Gasteiger charge is 2.11.